The predicted molar refractivity (Wildman–Crippen MR) is 94.2 cm³/mol. The Morgan fingerprint density at radius 1 is 1.33 bits per heavy atom. The molecule has 0 radical (unpaired) electrons. The highest BCUT2D eigenvalue weighted by molar-refractivity contribution is 7.16. The number of thiazole rings is 1. The van der Waals surface area contributed by atoms with Gasteiger partial charge in [0.25, 0.3) is 5.91 Å². The number of amides is 1. The number of esters is 1. The fraction of sp³-hybridized carbons (Fsp3) is 0.294. The molecule has 0 saturated heterocycles. The lowest BCUT2D eigenvalue weighted by atomic mass is 10.3. The summed E-state index contributed by atoms with van der Waals surface area (Å²) in [5.74, 6) is -2.88. The largest absolute Gasteiger partial charge is 0.465 e. The van der Waals surface area contributed by atoms with Crippen LogP contribution in [0, 0.1) is 18.6 Å². The van der Waals surface area contributed by atoms with E-state index in [-0.39, 0.29) is 33.9 Å². The maximum absolute atomic E-state index is 14.3. The highest BCUT2D eigenvalue weighted by Crippen LogP contribution is 2.22. The van der Waals surface area contributed by atoms with E-state index in [0.717, 1.165) is 17.4 Å². The van der Waals surface area contributed by atoms with Gasteiger partial charge in [0.1, 0.15) is 12.4 Å². The standard InChI is InChI=1S/C17H16F2N4O3S/c1-4-26-13(24)8-23-15-11(19)5-10(18)6-12(15)27-17(23)20-16(25)14-9(2)7-22(3)21-14/h5-7H,4,8H2,1-3H3. The molecule has 27 heavy (non-hydrogen) atoms. The number of halogens is 2. The zero-order valence-electron chi connectivity index (χ0n) is 14.8. The lowest BCUT2D eigenvalue weighted by molar-refractivity contribution is -0.143. The molecule has 7 nitrogen and oxygen atoms in total. The van der Waals surface area contributed by atoms with Crippen LogP contribution in [0.25, 0.3) is 10.2 Å². The maximum Gasteiger partial charge on any atom is 0.326 e. The minimum Gasteiger partial charge on any atom is -0.465 e. The van der Waals surface area contributed by atoms with E-state index in [4.69, 9.17) is 4.74 Å². The smallest absolute Gasteiger partial charge is 0.326 e. The normalized spacial score (nSPS) is 12.0. The minimum absolute atomic E-state index is 0.0151. The number of aryl methyl sites for hydroxylation is 2. The molecule has 0 fully saturated rings. The predicted octanol–water partition coefficient (Wildman–Crippen LogP) is 2.33. The molecule has 2 heterocycles. The van der Waals surface area contributed by atoms with E-state index < -0.39 is 23.5 Å². The zero-order chi connectivity index (χ0) is 19.7. The van der Waals surface area contributed by atoms with Crippen LogP contribution in [0.3, 0.4) is 0 Å². The molecule has 1 amide bonds. The third-order valence-corrected chi connectivity index (χ3v) is 4.72. The van der Waals surface area contributed by atoms with Crippen LogP contribution in [-0.2, 0) is 23.1 Å². The van der Waals surface area contributed by atoms with Crippen LogP contribution in [0.2, 0.25) is 0 Å². The lowest BCUT2D eigenvalue weighted by Crippen LogP contribution is -2.23. The number of hydrogen-bond acceptors (Lipinski definition) is 5. The van der Waals surface area contributed by atoms with Crippen LogP contribution in [0.15, 0.2) is 23.3 Å². The SMILES string of the molecule is CCOC(=O)Cn1c(=NC(=O)c2nn(C)cc2C)sc2cc(F)cc(F)c21. The second-order valence-corrected chi connectivity index (χ2v) is 6.77. The molecule has 0 bridgehead atoms. The zero-order valence-corrected chi connectivity index (χ0v) is 15.6. The van der Waals surface area contributed by atoms with E-state index in [1.165, 1.54) is 9.25 Å². The van der Waals surface area contributed by atoms with Crippen LogP contribution < -0.4 is 4.80 Å². The van der Waals surface area contributed by atoms with Crippen molar-refractivity contribution in [1.82, 2.24) is 14.3 Å². The van der Waals surface area contributed by atoms with Gasteiger partial charge in [0.15, 0.2) is 16.3 Å². The monoisotopic (exact) mass is 394 g/mol. The number of ether oxygens (including phenoxy) is 1. The van der Waals surface area contributed by atoms with E-state index in [1.807, 2.05) is 0 Å². The van der Waals surface area contributed by atoms with Gasteiger partial charge >= 0.3 is 5.97 Å². The Morgan fingerprint density at radius 2 is 2.07 bits per heavy atom. The molecule has 10 heteroatoms. The van der Waals surface area contributed by atoms with E-state index in [1.54, 1.807) is 27.1 Å². The molecule has 0 aliphatic heterocycles. The van der Waals surface area contributed by atoms with Crippen LogP contribution in [-0.4, -0.2) is 32.8 Å². The van der Waals surface area contributed by atoms with Gasteiger partial charge in [-0.2, -0.15) is 10.1 Å². The number of carbonyl (C=O) groups is 2. The first-order valence-electron chi connectivity index (χ1n) is 8.03. The molecule has 142 valence electrons. The van der Waals surface area contributed by atoms with Gasteiger partial charge in [0.05, 0.1) is 16.8 Å². The van der Waals surface area contributed by atoms with Crippen LogP contribution in [0.1, 0.15) is 23.0 Å². The summed E-state index contributed by atoms with van der Waals surface area (Å²) in [6, 6.07) is 1.84. The number of hydrogen-bond donors (Lipinski definition) is 0. The summed E-state index contributed by atoms with van der Waals surface area (Å²) < 4.78 is 35.7. The average molecular weight is 394 g/mol. The Hall–Kier alpha value is -2.88. The van der Waals surface area contributed by atoms with Gasteiger partial charge in [-0.3, -0.25) is 14.3 Å². The molecule has 0 N–H and O–H groups in total. The van der Waals surface area contributed by atoms with Crippen LogP contribution >= 0.6 is 11.3 Å². The Labute approximate surface area is 156 Å². The Kier molecular flexibility index (Phi) is 5.17. The third-order valence-electron chi connectivity index (χ3n) is 3.70. The van der Waals surface area contributed by atoms with Crippen molar-refractivity contribution in [3.05, 3.63) is 46.0 Å². The summed E-state index contributed by atoms with van der Waals surface area (Å²) in [5.41, 5.74) is 0.754. The number of nitrogens with zero attached hydrogens (tertiary/aromatic N) is 4. The molecule has 0 atom stereocenters. The van der Waals surface area contributed by atoms with Crippen molar-refractivity contribution in [1.29, 1.82) is 0 Å². The second kappa shape index (κ2) is 7.39. The van der Waals surface area contributed by atoms with Crippen LogP contribution in [0.5, 0.6) is 0 Å². The van der Waals surface area contributed by atoms with Crippen molar-refractivity contribution in [2.45, 2.75) is 20.4 Å². The number of rotatable bonds is 4. The van der Waals surface area contributed by atoms with Crippen molar-refractivity contribution in [2.75, 3.05) is 6.61 Å². The summed E-state index contributed by atoms with van der Waals surface area (Å²) in [4.78, 5) is 28.5. The first-order valence-corrected chi connectivity index (χ1v) is 8.85. The number of carbonyl (C=O) groups excluding carboxylic acids is 2. The molecule has 3 aromatic rings. The van der Waals surface area contributed by atoms with Gasteiger partial charge in [-0.15, -0.1) is 0 Å². The second-order valence-electron chi connectivity index (χ2n) is 5.76. The lowest BCUT2D eigenvalue weighted by Gasteiger charge is -2.05. The summed E-state index contributed by atoms with van der Waals surface area (Å²) in [5, 5.41) is 4.05. The molecule has 0 unspecified atom stereocenters. The fourth-order valence-electron chi connectivity index (χ4n) is 2.65. The van der Waals surface area contributed by atoms with E-state index in [2.05, 4.69) is 10.1 Å². The molecule has 0 saturated carbocycles. The van der Waals surface area contributed by atoms with Gasteiger partial charge in [-0.05, 0) is 19.9 Å². The van der Waals surface area contributed by atoms with Crippen molar-refractivity contribution in [2.24, 2.45) is 12.0 Å². The third kappa shape index (κ3) is 3.80. The number of benzene rings is 1. The quantitative estimate of drug-likeness (QED) is 0.637. The summed E-state index contributed by atoms with van der Waals surface area (Å²) in [7, 11) is 1.67. The van der Waals surface area contributed by atoms with E-state index in [0.29, 0.717) is 11.6 Å². The van der Waals surface area contributed by atoms with Crippen molar-refractivity contribution >= 4 is 33.4 Å². The molecule has 0 spiro atoms. The maximum atomic E-state index is 14.3. The van der Waals surface area contributed by atoms with Gasteiger partial charge in [0.2, 0.25) is 0 Å². The Bertz CT molecular complexity index is 1110. The summed E-state index contributed by atoms with van der Waals surface area (Å²) in [6.45, 7) is 3.14. The molecule has 0 aliphatic rings. The highest BCUT2D eigenvalue weighted by Gasteiger charge is 2.18. The molecule has 0 aliphatic carbocycles. The first kappa shape index (κ1) is 18.9. The molecule has 3 rings (SSSR count). The van der Waals surface area contributed by atoms with Crippen molar-refractivity contribution in [3.8, 4) is 0 Å². The Balaban J connectivity index is 2.18. The topological polar surface area (TPSA) is 78.5 Å². The highest BCUT2D eigenvalue weighted by atomic mass is 32.1. The average Bonchev–Trinajstić information content (AvgIpc) is 3.07. The van der Waals surface area contributed by atoms with Crippen molar-refractivity contribution in [3.63, 3.8) is 0 Å². The molecule has 2 aromatic heterocycles. The summed E-state index contributed by atoms with van der Waals surface area (Å²) >= 11 is 0.901. The fourth-order valence-corrected chi connectivity index (χ4v) is 3.72. The Morgan fingerprint density at radius 3 is 2.70 bits per heavy atom. The number of aromatic nitrogens is 3. The van der Waals surface area contributed by atoms with Crippen molar-refractivity contribution < 1.29 is 23.1 Å². The van der Waals surface area contributed by atoms with Gasteiger partial charge in [-0.1, -0.05) is 11.3 Å². The molecule has 1 aromatic carbocycles. The van der Waals surface area contributed by atoms with Gasteiger partial charge < -0.3 is 9.30 Å². The first-order chi connectivity index (χ1) is 12.8. The van der Waals surface area contributed by atoms with Gasteiger partial charge in [-0.25, -0.2) is 8.78 Å². The van der Waals surface area contributed by atoms with Gasteiger partial charge in [0, 0.05) is 24.9 Å². The van der Waals surface area contributed by atoms with E-state index >= 15 is 0 Å². The van der Waals surface area contributed by atoms with Crippen LogP contribution in [0.4, 0.5) is 8.78 Å². The molecular formula is C17H16F2N4O3S. The summed E-state index contributed by atoms with van der Waals surface area (Å²) in [6.07, 6.45) is 1.66. The minimum atomic E-state index is -0.853. The number of fused-ring (bicyclic) bond motifs is 1. The molecular weight excluding hydrogens is 378 g/mol. The van der Waals surface area contributed by atoms with E-state index in [9.17, 15) is 18.4 Å².